The number of phenols is 1. The molecule has 0 aliphatic carbocycles. The van der Waals surface area contributed by atoms with Crippen molar-refractivity contribution in [3.05, 3.63) is 33.9 Å². The van der Waals surface area contributed by atoms with Crippen LogP contribution in [0.4, 0.5) is 5.69 Å². The molecule has 0 aliphatic rings. The van der Waals surface area contributed by atoms with Gasteiger partial charge in [-0.2, -0.15) is 0 Å². The number of rotatable bonds is 5. The Labute approximate surface area is 110 Å². The van der Waals surface area contributed by atoms with Gasteiger partial charge in [0.2, 0.25) is 0 Å². The molecule has 7 nitrogen and oxygen atoms in total. The summed E-state index contributed by atoms with van der Waals surface area (Å²) in [6.45, 7) is 3.56. The van der Waals surface area contributed by atoms with Crippen molar-refractivity contribution in [3.8, 4) is 5.75 Å². The van der Waals surface area contributed by atoms with Crippen LogP contribution in [0.5, 0.6) is 5.75 Å². The van der Waals surface area contributed by atoms with E-state index in [0.29, 0.717) is 0 Å². The van der Waals surface area contributed by atoms with E-state index in [4.69, 9.17) is 5.11 Å². The Hall–Kier alpha value is -2.15. The van der Waals surface area contributed by atoms with Crippen LogP contribution < -0.4 is 0 Å². The van der Waals surface area contributed by atoms with E-state index in [1.165, 1.54) is 11.0 Å². The van der Waals surface area contributed by atoms with Crippen LogP contribution in [-0.2, 0) is 0 Å². The zero-order valence-corrected chi connectivity index (χ0v) is 10.7. The van der Waals surface area contributed by atoms with Gasteiger partial charge in [-0.25, -0.2) is 0 Å². The third-order valence-electron chi connectivity index (χ3n) is 2.64. The fourth-order valence-electron chi connectivity index (χ4n) is 1.68. The highest BCUT2D eigenvalue weighted by Crippen LogP contribution is 2.26. The number of carbonyl (C=O) groups is 1. The molecule has 0 saturated carbocycles. The van der Waals surface area contributed by atoms with Gasteiger partial charge in [-0.3, -0.25) is 14.9 Å². The number of phenolic OH excluding ortho intramolecular Hbond substituents is 1. The number of hydrogen-bond donors (Lipinski definition) is 2. The molecule has 0 bridgehead atoms. The highest BCUT2D eigenvalue weighted by molar-refractivity contribution is 5.95. The summed E-state index contributed by atoms with van der Waals surface area (Å²) in [5.41, 5.74) is -0.306. The van der Waals surface area contributed by atoms with E-state index in [2.05, 4.69) is 0 Å². The zero-order chi connectivity index (χ0) is 14.6. The topological polar surface area (TPSA) is 104 Å². The molecule has 19 heavy (non-hydrogen) atoms. The molecular weight excluding hydrogens is 252 g/mol. The van der Waals surface area contributed by atoms with Crippen LogP contribution in [0, 0.1) is 10.1 Å². The summed E-state index contributed by atoms with van der Waals surface area (Å²) < 4.78 is 0. The molecule has 0 saturated heterocycles. The smallest absolute Gasteiger partial charge is 0.310 e. The minimum Gasteiger partial charge on any atom is -0.502 e. The first-order valence-corrected chi connectivity index (χ1v) is 5.77. The van der Waals surface area contributed by atoms with Gasteiger partial charge in [0.25, 0.3) is 5.91 Å². The number of aromatic hydroxyl groups is 1. The van der Waals surface area contributed by atoms with Crippen molar-refractivity contribution in [2.45, 2.75) is 19.9 Å². The Morgan fingerprint density at radius 3 is 2.53 bits per heavy atom. The van der Waals surface area contributed by atoms with Gasteiger partial charge in [0.15, 0.2) is 5.75 Å². The van der Waals surface area contributed by atoms with Gasteiger partial charge in [0.1, 0.15) is 0 Å². The lowest BCUT2D eigenvalue weighted by Crippen LogP contribution is -2.38. The van der Waals surface area contributed by atoms with E-state index in [1.807, 2.05) is 0 Å². The number of hydrogen-bond acceptors (Lipinski definition) is 5. The van der Waals surface area contributed by atoms with E-state index in [0.717, 1.165) is 12.1 Å². The molecule has 7 heteroatoms. The van der Waals surface area contributed by atoms with E-state index in [1.54, 1.807) is 13.8 Å². The Bertz CT molecular complexity index is 487. The van der Waals surface area contributed by atoms with Crippen molar-refractivity contribution in [2.24, 2.45) is 0 Å². The third-order valence-corrected chi connectivity index (χ3v) is 2.64. The molecule has 0 atom stereocenters. The largest absolute Gasteiger partial charge is 0.502 e. The standard InChI is InChI=1S/C12H16N2O5/c1-8(2)13(5-6-15)12(17)9-3-4-10(14(18)19)11(16)7-9/h3-4,7-8,15-16H,5-6H2,1-2H3. The van der Waals surface area contributed by atoms with Crippen LogP contribution in [0.3, 0.4) is 0 Å². The molecule has 2 N–H and O–H groups in total. The van der Waals surface area contributed by atoms with E-state index in [-0.39, 0.29) is 24.8 Å². The van der Waals surface area contributed by atoms with Crippen LogP contribution in [-0.4, -0.2) is 45.1 Å². The summed E-state index contributed by atoms with van der Waals surface area (Å²) in [7, 11) is 0. The number of nitro groups is 1. The molecular formula is C12H16N2O5. The quantitative estimate of drug-likeness (QED) is 0.615. The fraction of sp³-hybridized carbons (Fsp3) is 0.417. The summed E-state index contributed by atoms with van der Waals surface area (Å²) in [5, 5.41) is 29.0. The Morgan fingerprint density at radius 1 is 1.47 bits per heavy atom. The van der Waals surface area contributed by atoms with Crippen molar-refractivity contribution >= 4 is 11.6 Å². The van der Waals surface area contributed by atoms with Gasteiger partial charge < -0.3 is 15.1 Å². The van der Waals surface area contributed by atoms with Crippen molar-refractivity contribution in [1.29, 1.82) is 0 Å². The van der Waals surface area contributed by atoms with E-state index in [9.17, 15) is 20.0 Å². The van der Waals surface area contributed by atoms with Crippen LogP contribution in [0.15, 0.2) is 18.2 Å². The lowest BCUT2D eigenvalue weighted by atomic mass is 10.1. The highest BCUT2D eigenvalue weighted by Gasteiger charge is 2.21. The maximum atomic E-state index is 12.1. The molecule has 1 rings (SSSR count). The molecule has 0 unspecified atom stereocenters. The lowest BCUT2D eigenvalue weighted by Gasteiger charge is -2.26. The van der Waals surface area contributed by atoms with Crippen molar-refractivity contribution < 1.29 is 19.9 Å². The van der Waals surface area contributed by atoms with Gasteiger partial charge in [-0.1, -0.05) is 0 Å². The summed E-state index contributed by atoms with van der Waals surface area (Å²) in [6, 6.07) is 3.30. The van der Waals surface area contributed by atoms with Crippen molar-refractivity contribution in [1.82, 2.24) is 4.90 Å². The maximum Gasteiger partial charge on any atom is 0.310 e. The zero-order valence-electron chi connectivity index (χ0n) is 10.7. The lowest BCUT2D eigenvalue weighted by molar-refractivity contribution is -0.385. The minimum absolute atomic E-state index is 0.128. The van der Waals surface area contributed by atoms with Crippen molar-refractivity contribution in [3.63, 3.8) is 0 Å². The second-order valence-electron chi connectivity index (χ2n) is 4.28. The molecule has 0 aromatic heterocycles. The van der Waals surface area contributed by atoms with Gasteiger partial charge in [-0.15, -0.1) is 0 Å². The summed E-state index contributed by atoms with van der Waals surface area (Å²) in [6.07, 6.45) is 0. The van der Waals surface area contributed by atoms with Gasteiger partial charge >= 0.3 is 5.69 Å². The first kappa shape index (κ1) is 14.9. The summed E-state index contributed by atoms with van der Waals surface area (Å²) >= 11 is 0. The van der Waals surface area contributed by atoms with Gasteiger partial charge in [-0.05, 0) is 26.0 Å². The summed E-state index contributed by atoms with van der Waals surface area (Å²) in [4.78, 5) is 23.4. The molecule has 1 aromatic carbocycles. The highest BCUT2D eigenvalue weighted by atomic mass is 16.6. The average molecular weight is 268 g/mol. The van der Waals surface area contributed by atoms with Crippen LogP contribution in [0.1, 0.15) is 24.2 Å². The first-order valence-electron chi connectivity index (χ1n) is 5.77. The molecule has 104 valence electrons. The molecule has 1 amide bonds. The molecule has 0 heterocycles. The predicted octanol–water partition coefficient (Wildman–Crippen LogP) is 1.14. The second-order valence-corrected chi connectivity index (χ2v) is 4.28. The van der Waals surface area contributed by atoms with E-state index >= 15 is 0 Å². The van der Waals surface area contributed by atoms with Gasteiger partial charge in [0.05, 0.1) is 11.5 Å². The van der Waals surface area contributed by atoms with Crippen LogP contribution in [0.25, 0.3) is 0 Å². The number of benzene rings is 1. The minimum atomic E-state index is -0.725. The maximum absolute atomic E-state index is 12.1. The fourth-order valence-corrected chi connectivity index (χ4v) is 1.68. The molecule has 0 aliphatic heterocycles. The number of nitrogens with zero attached hydrogens (tertiary/aromatic N) is 2. The summed E-state index contributed by atoms with van der Waals surface area (Å²) in [5.74, 6) is -0.946. The second kappa shape index (κ2) is 6.14. The number of aliphatic hydroxyl groups excluding tert-OH is 1. The molecule has 0 fully saturated rings. The number of carbonyl (C=O) groups excluding carboxylic acids is 1. The number of nitro benzene ring substituents is 1. The van der Waals surface area contributed by atoms with Crippen LogP contribution in [0.2, 0.25) is 0 Å². The Kier molecular flexibility index (Phi) is 4.82. The third kappa shape index (κ3) is 3.41. The van der Waals surface area contributed by atoms with Gasteiger partial charge in [0, 0.05) is 24.2 Å². The molecule has 0 radical (unpaired) electrons. The van der Waals surface area contributed by atoms with E-state index < -0.39 is 22.3 Å². The number of aliphatic hydroxyl groups is 1. The van der Waals surface area contributed by atoms with Crippen LogP contribution >= 0.6 is 0 Å². The SMILES string of the molecule is CC(C)N(CCO)C(=O)c1ccc([N+](=O)[O-])c(O)c1. The molecule has 1 aromatic rings. The number of amides is 1. The van der Waals surface area contributed by atoms with Crippen molar-refractivity contribution in [2.75, 3.05) is 13.2 Å². The predicted molar refractivity (Wildman–Crippen MR) is 68.0 cm³/mol. The normalized spacial score (nSPS) is 10.5. The Balaban J connectivity index is 3.05. The Morgan fingerprint density at radius 2 is 2.11 bits per heavy atom. The monoisotopic (exact) mass is 268 g/mol. The molecule has 0 spiro atoms. The average Bonchev–Trinajstić information content (AvgIpc) is 2.34. The first-order chi connectivity index (χ1) is 8.88.